The fourth-order valence-corrected chi connectivity index (χ4v) is 2.09. The number of nitrogens with one attached hydrogen (secondary N) is 1. The van der Waals surface area contributed by atoms with Gasteiger partial charge in [-0.25, -0.2) is 0 Å². The molecule has 0 aromatic heterocycles. The third-order valence-electron chi connectivity index (χ3n) is 3.08. The van der Waals surface area contributed by atoms with E-state index in [-0.39, 0.29) is 17.6 Å². The number of nitrogens with zero attached hydrogens (tertiary/aromatic N) is 1. The minimum Gasteiger partial charge on any atom is -0.358 e. The predicted molar refractivity (Wildman–Crippen MR) is 62.6 cm³/mol. The topological polar surface area (TPSA) is 32.3 Å². The molecule has 3 nitrogen and oxygen atoms in total. The number of carbonyl (C=O) groups is 1. The van der Waals surface area contributed by atoms with Crippen LogP contribution >= 0.6 is 0 Å². The van der Waals surface area contributed by atoms with Gasteiger partial charge in [0.15, 0.2) is 0 Å². The summed E-state index contributed by atoms with van der Waals surface area (Å²) < 4.78 is 37.8. The van der Waals surface area contributed by atoms with E-state index >= 15 is 0 Å². The van der Waals surface area contributed by atoms with E-state index in [1.54, 1.807) is 11.8 Å². The van der Waals surface area contributed by atoms with Crippen molar-refractivity contribution in [3.8, 4) is 0 Å². The van der Waals surface area contributed by atoms with Crippen LogP contribution in [0.1, 0.15) is 19.4 Å². The number of hydrogen-bond donors (Lipinski definition) is 1. The molecule has 18 heavy (non-hydrogen) atoms. The summed E-state index contributed by atoms with van der Waals surface area (Å²) in [7, 11) is 0. The summed E-state index contributed by atoms with van der Waals surface area (Å²) in [6.07, 6.45) is -4.40. The van der Waals surface area contributed by atoms with E-state index in [9.17, 15) is 18.0 Å². The molecule has 0 saturated heterocycles. The number of likely N-dealkylation sites (N-methyl/N-ethyl adjacent to an activating group) is 1. The van der Waals surface area contributed by atoms with E-state index in [0.29, 0.717) is 12.2 Å². The van der Waals surface area contributed by atoms with E-state index in [0.717, 1.165) is 12.1 Å². The quantitative estimate of drug-likeness (QED) is 0.840. The average molecular weight is 258 g/mol. The van der Waals surface area contributed by atoms with Gasteiger partial charge in [0.2, 0.25) is 5.91 Å². The molecule has 0 bridgehead atoms. The van der Waals surface area contributed by atoms with Gasteiger partial charge in [0.05, 0.1) is 16.9 Å². The average Bonchev–Trinajstić information content (AvgIpc) is 2.29. The lowest BCUT2D eigenvalue weighted by Crippen LogP contribution is -2.46. The summed E-state index contributed by atoms with van der Waals surface area (Å²) >= 11 is 0. The Hall–Kier alpha value is -1.72. The predicted octanol–water partition coefficient (Wildman–Crippen LogP) is 2.87. The molecule has 0 fully saturated rings. The van der Waals surface area contributed by atoms with Gasteiger partial charge >= 0.3 is 6.18 Å². The SMILES string of the molecule is CCN1c2ccc(C(F)(F)F)cc2NC(=O)C1C. The number of halogens is 3. The van der Waals surface area contributed by atoms with Crippen molar-refractivity contribution < 1.29 is 18.0 Å². The van der Waals surface area contributed by atoms with Crippen molar-refractivity contribution in [1.29, 1.82) is 0 Å². The number of alkyl halides is 3. The van der Waals surface area contributed by atoms with Crippen LogP contribution in [0.25, 0.3) is 0 Å². The van der Waals surface area contributed by atoms with Crippen LogP contribution in [0.2, 0.25) is 0 Å². The first-order chi connectivity index (χ1) is 8.34. The molecule has 1 aromatic carbocycles. The van der Waals surface area contributed by atoms with Crippen LogP contribution in [-0.2, 0) is 11.0 Å². The molecule has 6 heteroatoms. The van der Waals surface area contributed by atoms with Gasteiger partial charge in [-0.2, -0.15) is 13.2 Å². The third-order valence-corrected chi connectivity index (χ3v) is 3.08. The lowest BCUT2D eigenvalue weighted by Gasteiger charge is -2.35. The van der Waals surface area contributed by atoms with Crippen molar-refractivity contribution in [1.82, 2.24) is 0 Å². The first-order valence-corrected chi connectivity index (χ1v) is 5.63. The minimum absolute atomic E-state index is 0.217. The van der Waals surface area contributed by atoms with Crippen LogP contribution in [0.3, 0.4) is 0 Å². The number of anilines is 2. The van der Waals surface area contributed by atoms with E-state index in [1.165, 1.54) is 6.07 Å². The highest BCUT2D eigenvalue weighted by atomic mass is 19.4. The standard InChI is InChI=1S/C12H13F3N2O/c1-3-17-7(2)11(18)16-9-6-8(12(13,14)15)4-5-10(9)17/h4-7H,3H2,1-2H3,(H,16,18). The molecule has 1 heterocycles. The first kappa shape index (κ1) is 12.7. The Morgan fingerprint density at radius 2 is 2.06 bits per heavy atom. The molecule has 0 spiro atoms. The van der Waals surface area contributed by atoms with Gasteiger partial charge in [0, 0.05) is 6.54 Å². The molecule has 1 atom stereocenters. The van der Waals surface area contributed by atoms with Gasteiger partial charge in [-0.05, 0) is 32.0 Å². The van der Waals surface area contributed by atoms with Crippen molar-refractivity contribution >= 4 is 17.3 Å². The molecule has 1 aliphatic rings. The van der Waals surface area contributed by atoms with Crippen molar-refractivity contribution in [2.45, 2.75) is 26.1 Å². The van der Waals surface area contributed by atoms with Gasteiger partial charge in [0.25, 0.3) is 0 Å². The second-order valence-corrected chi connectivity index (χ2v) is 4.18. The normalized spacial score (nSPS) is 19.5. The van der Waals surface area contributed by atoms with Crippen molar-refractivity contribution in [3.63, 3.8) is 0 Å². The van der Waals surface area contributed by atoms with Crippen LogP contribution in [0, 0.1) is 0 Å². The number of carbonyl (C=O) groups excluding carboxylic acids is 1. The molecule has 0 aliphatic carbocycles. The van der Waals surface area contributed by atoms with E-state index in [2.05, 4.69) is 5.32 Å². The monoisotopic (exact) mass is 258 g/mol. The van der Waals surface area contributed by atoms with Crippen LogP contribution in [0.4, 0.5) is 24.5 Å². The maximum Gasteiger partial charge on any atom is 0.416 e. The van der Waals surface area contributed by atoms with Gasteiger partial charge in [-0.1, -0.05) is 0 Å². The number of benzene rings is 1. The summed E-state index contributed by atoms with van der Waals surface area (Å²) in [6.45, 7) is 4.14. The Labute approximate surface area is 103 Å². The maximum atomic E-state index is 12.6. The summed E-state index contributed by atoms with van der Waals surface area (Å²) in [5.74, 6) is -0.288. The van der Waals surface area contributed by atoms with Crippen LogP contribution < -0.4 is 10.2 Å². The van der Waals surface area contributed by atoms with E-state index in [1.807, 2.05) is 6.92 Å². The Kier molecular flexibility index (Phi) is 2.96. The number of rotatable bonds is 1. The fourth-order valence-electron chi connectivity index (χ4n) is 2.09. The molecule has 1 aromatic rings. The molecular formula is C12H13F3N2O. The zero-order chi connectivity index (χ0) is 13.5. The number of fused-ring (bicyclic) bond motifs is 1. The van der Waals surface area contributed by atoms with Crippen LogP contribution in [-0.4, -0.2) is 18.5 Å². The smallest absolute Gasteiger partial charge is 0.358 e. The highest BCUT2D eigenvalue weighted by Crippen LogP contribution is 2.37. The fraction of sp³-hybridized carbons (Fsp3) is 0.417. The molecule has 1 N–H and O–H groups in total. The van der Waals surface area contributed by atoms with Crippen LogP contribution in [0.5, 0.6) is 0 Å². The highest BCUT2D eigenvalue weighted by Gasteiger charge is 2.34. The summed E-state index contributed by atoms with van der Waals surface area (Å²) in [5.41, 5.74) is 0.0829. The van der Waals surface area contributed by atoms with Crippen molar-refractivity contribution in [2.24, 2.45) is 0 Å². The molecule has 0 radical (unpaired) electrons. The van der Waals surface area contributed by atoms with E-state index < -0.39 is 11.7 Å². The molecule has 1 unspecified atom stereocenters. The lowest BCUT2D eigenvalue weighted by atomic mass is 10.1. The summed E-state index contributed by atoms with van der Waals surface area (Å²) in [6, 6.07) is 3.03. The van der Waals surface area contributed by atoms with Crippen molar-refractivity contribution in [3.05, 3.63) is 23.8 Å². The molecular weight excluding hydrogens is 245 g/mol. The number of amides is 1. The Bertz CT molecular complexity index is 485. The van der Waals surface area contributed by atoms with Gasteiger partial charge < -0.3 is 10.2 Å². The number of hydrogen-bond acceptors (Lipinski definition) is 2. The maximum absolute atomic E-state index is 12.6. The van der Waals surface area contributed by atoms with Gasteiger partial charge in [-0.3, -0.25) is 4.79 Å². The molecule has 1 amide bonds. The van der Waals surface area contributed by atoms with E-state index in [4.69, 9.17) is 0 Å². The molecule has 98 valence electrons. The lowest BCUT2D eigenvalue weighted by molar-refractivity contribution is -0.137. The van der Waals surface area contributed by atoms with Gasteiger partial charge in [0.1, 0.15) is 6.04 Å². The third kappa shape index (κ3) is 2.02. The minimum atomic E-state index is -4.40. The summed E-state index contributed by atoms with van der Waals surface area (Å²) in [4.78, 5) is 13.4. The van der Waals surface area contributed by atoms with Crippen LogP contribution in [0.15, 0.2) is 18.2 Å². The molecule has 1 aliphatic heterocycles. The first-order valence-electron chi connectivity index (χ1n) is 5.63. The van der Waals surface area contributed by atoms with Crippen molar-refractivity contribution in [2.75, 3.05) is 16.8 Å². The zero-order valence-corrected chi connectivity index (χ0v) is 10.0. The second-order valence-electron chi connectivity index (χ2n) is 4.18. The summed E-state index contributed by atoms with van der Waals surface area (Å²) in [5, 5.41) is 2.51. The Morgan fingerprint density at radius 3 is 2.61 bits per heavy atom. The second kappa shape index (κ2) is 4.19. The Morgan fingerprint density at radius 1 is 1.39 bits per heavy atom. The largest absolute Gasteiger partial charge is 0.416 e. The highest BCUT2D eigenvalue weighted by molar-refractivity contribution is 6.03. The Balaban J connectivity index is 2.48. The van der Waals surface area contributed by atoms with Gasteiger partial charge in [-0.15, -0.1) is 0 Å². The molecule has 2 rings (SSSR count). The zero-order valence-electron chi connectivity index (χ0n) is 10.0. The molecule has 0 saturated carbocycles.